The van der Waals surface area contributed by atoms with Crippen molar-refractivity contribution in [3.8, 4) is 6.07 Å². The Morgan fingerprint density at radius 3 is 2.76 bits per heavy atom. The van der Waals surface area contributed by atoms with Gasteiger partial charge in [-0.1, -0.05) is 34.1 Å². The fraction of sp³-hybridized carbons (Fsp3) is 0.125. The van der Waals surface area contributed by atoms with E-state index in [1.54, 1.807) is 18.2 Å². The number of nitriles is 1. The van der Waals surface area contributed by atoms with Crippen molar-refractivity contribution in [2.45, 2.75) is 13.5 Å². The van der Waals surface area contributed by atoms with Crippen molar-refractivity contribution in [1.82, 2.24) is 0 Å². The zero-order chi connectivity index (χ0) is 15.4. The summed E-state index contributed by atoms with van der Waals surface area (Å²) in [6, 6.07) is 12.7. The molecule has 2 aromatic rings. The van der Waals surface area contributed by atoms with E-state index in [0.29, 0.717) is 12.1 Å². The normalized spacial score (nSPS) is 9.95. The van der Waals surface area contributed by atoms with Crippen LogP contribution in [0, 0.1) is 18.3 Å². The van der Waals surface area contributed by atoms with Crippen LogP contribution >= 0.6 is 15.9 Å². The summed E-state index contributed by atoms with van der Waals surface area (Å²) in [4.78, 5) is 10.9. The van der Waals surface area contributed by atoms with Crippen LogP contribution in [0.4, 0.5) is 5.69 Å². The number of carbonyl (C=O) groups is 1. The summed E-state index contributed by atoms with van der Waals surface area (Å²) in [5.41, 5.74) is 3.47. The molecule has 0 atom stereocenters. The predicted octanol–water partition coefficient (Wildman–Crippen LogP) is 3.94. The summed E-state index contributed by atoms with van der Waals surface area (Å²) in [6.45, 7) is 2.39. The number of hydrogen-bond acceptors (Lipinski definition) is 3. The molecule has 4 nitrogen and oxygen atoms in total. The largest absolute Gasteiger partial charge is 0.478 e. The van der Waals surface area contributed by atoms with Crippen LogP contribution in [0.25, 0.3) is 0 Å². The highest BCUT2D eigenvalue weighted by Crippen LogP contribution is 2.22. The topological polar surface area (TPSA) is 73.1 Å². The van der Waals surface area contributed by atoms with Crippen molar-refractivity contribution in [3.05, 3.63) is 63.1 Å². The van der Waals surface area contributed by atoms with Gasteiger partial charge in [0.05, 0.1) is 16.8 Å². The SMILES string of the molecule is Cc1cccc(NCc2ccc(C(=O)O)cc2Br)c1C#N. The van der Waals surface area contributed by atoms with E-state index < -0.39 is 5.97 Å². The molecule has 0 aromatic heterocycles. The highest BCUT2D eigenvalue weighted by molar-refractivity contribution is 9.10. The number of carboxylic acids is 1. The molecule has 0 amide bonds. The summed E-state index contributed by atoms with van der Waals surface area (Å²) >= 11 is 3.37. The molecule has 5 heteroatoms. The molecule has 2 rings (SSSR count). The maximum absolute atomic E-state index is 10.9. The Balaban J connectivity index is 2.20. The lowest BCUT2D eigenvalue weighted by molar-refractivity contribution is 0.0697. The van der Waals surface area contributed by atoms with E-state index in [2.05, 4.69) is 27.3 Å². The van der Waals surface area contributed by atoms with Gasteiger partial charge in [0.2, 0.25) is 0 Å². The zero-order valence-electron chi connectivity index (χ0n) is 11.4. The quantitative estimate of drug-likeness (QED) is 0.880. The third kappa shape index (κ3) is 3.41. The molecule has 106 valence electrons. The van der Waals surface area contributed by atoms with Crippen molar-refractivity contribution in [2.75, 3.05) is 5.32 Å². The van der Waals surface area contributed by atoms with E-state index in [1.807, 2.05) is 25.1 Å². The Morgan fingerprint density at radius 1 is 1.38 bits per heavy atom. The highest BCUT2D eigenvalue weighted by Gasteiger charge is 2.08. The van der Waals surface area contributed by atoms with E-state index >= 15 is 0 Å². The molecule has 2 N–H and O–H groups in total. The number of benzene rings is 2. The monoisotopic (exact) mass is 344 g/mol. The average molecular weight is 345 g/mol. The first-order valence-corrected chi connectivity index (χ1v) is 7.07. The summed E-state index contributed by atoms with van der Waals surface area (Å²) in [7, 11) is 0. The maximum atomic E-state index is 10.9. The average Bonchev–Trinajstić information content (AvgIpc) is 2.45. The van der Waals surface area contributed by atoms with Gasteiger partial charge >= 0.3 is 5.97 Å². The molecule has 0 saturated carbocycles. The van der Waals surface area contributed by atoms with Crippen LogP contribution in [0.5, 0.6) is 0 Å². The number of nitrogens with one attached hydrogen (secondary N) is 1. The Bertz CT molecular complexity index is 736. The molecular weight excluding hydrogens is 332 g/mol. The number of aryl methyl sites for hydroxylation is 1. The Kier molecular flexibility index (Phi) is 4.61. The Hall–Kier alpha value is -2.32. The summed E-state index contributed by atoms with van der Waals surface area (Å²) < 4.78 is 0.723. The number of anilines is 1. The van der Waals surface area contributed by atoms with Gasteiger partial charge in [0.15, 0.2) is 0 Å². The van der Waals surface area contributed by atoms with Gasteiger partial charge in [0.1, 0.15) is 6.07 Å². The second-order valence-corrected chi connectivity index (χ2v) is 5.43. The third-order valence-electron chi connectivity index (χ3n) is 3.15. The van der Waals surface area contributed by atoms with Crippen LogP contribution < -0.4 is 5.32 Å². The lowest BCUT2D eigenvalue weighted by Crippen LogP contribution is -2.04. The van der Waals surface area contributed by atoms with Gasteiger partial charge in [0, 0.05) is 11.0 Å². The van der Waals surface area contributed by atoms with Crippen molar-refractivity contribution < 1.29 is 9.90 Å². The van der Waals surface area contributed by atoms with Crippen LogP contribution in [-0.2, 0) is 6.54 Å². The van der Waals surface area contributed by atoms with Crippen molar-refractivity contribution in [3.63, 3.8) is 0 Å². The van der Waals surface area contributed by atoms with Crippen molar-refractivity contribution >= 4 is 27.6 Å². The van der Waals surface area contributed by atoms with Crippen LogP contribution in [0.3, 0.4) is 0 Å². The van der Waals surface area contributed by atoms with Crippen LogP contribution in [0.15, 0.2) is 40.9 Å². The Morgan fingerprint density at radius 2 is 2.14 bits per heavy atom. The van der Waals surface area contributed by atoms with E-state index in [9.17, 15) is 10.1 Å². The minimum atomic E-state index is -0.958. The van der Waals surface area contributed by atoms with Crippen LogP contribution in [0.2, 0.25) is 0 Å². The second-order valence-electron chi connectivity index (χ2n) is 4.57. The van der Waals surface area contributed by atoms with E-state index in [4.69, 9.17) is 5.11 Å². The number of hydrogen-bond donors (Lipinski definition) is 2. The molecule has 0 aliphatic carbocycles. The molecule has 21 heavy (non-hydrogen) atoms. The number of nitrogens with zero attached hydrogens (tertiary/aromatic N) is 1. The number of aromatic carboxylic acids is 1. The van der Waals surface area contributed by atoms with E-state index in [0.717, 1.165) is 21.3 Å². The first-order chi connectivity index (χ1) is 10.0. The van der Waals surface area contributed by atoms with E-state index in [1.165, 1.54) is 0 Å². The van der Waals surface area contributed by atoms with Crippen molar-refractivity contribution in [1.29, 1.82) is 5.26 Å². The fourth-order valence-corrected chi connectivity index (χ4v) is 2.50. The summed E-state index contributed by atoms with van der Waals surface area (Å²) in [6.07, 6.45) is 0. The molecule has 0 bridgehead atoms. The van der Waals surface area contributed by atoms with Crippen LogP contribution in [-0.4, -0.2) is 11.1 Å². The van der Waals surface area contributed by atoms with Gasteiger partial charge in [-0.2, -0.15) is 5.26 Å². The standard InChI is InChI=1S/C16H13BrN2O2/c1-10-3-2-4-15(13(10)8-18)19-9-12-6-5-11(16(20)21)7-14(12)17/h2-7,19H,9H2,1H3,(H,20,21). The smallest absolute Gasteiger partial charge is 0.335 e. The lowest BCUT2D eigenvalue weighted by Gasteiger charge is -2.11. The first-order valence-electron chi connectivity index (χ1n) is 6.28. The van der Waals surface area contributed by atoms with Gasteiger partial charge in [-0.15, -0.1) is 0 Å². The van der Waals surface area contributed by atoms with E-state index in [-0.39, 0.29) is 5.56 Å². The molecule has 0 radical (unpaired) electrons. The number of rotatable bonds is 4. The van der Waals surface area contributed by atoms with Gasteiger partial charge < -0.3 is 10.4 Å². The Labute approximate surface area is 131 Å². The van der Waals surface area contributed by atoms with Gasteiger partial charge in [-0.05, 0) is 36.2 Å². The van der Waals surface area contributed by atoms with Crippen LogP contribution in [0.1, 0.15) is 27.0 Å². The molecule has 0 heterocycles. The molecule has 0 aliphatic rings. The number of halogens is 1. The molecule has 2 aromatic carbocycles. The molecule has 0 fully saturated rings. The summed E-state index contributed by atoms with van der Waals surface area (Å²) in [5.74, 6) is -0.958. The van der Waals surface area contributed by atoms with Gasteiger partial charge in [0.25, 0.3) is 0 Å². The van der Waals surface area contributed by atoms with Gasteiger partial charge in [-0.25, -0.2) is 4.79 Å². The minimum absolute atomic E-state index is 0.235. The lowest BCUT2D eigenvalue weighted by atomic mass is 10.1. The maximum Gasteiger partial charge on any atom is 0.335 e. The third-order valence-corrected chi connectivity index (χ3v) is 3.89. The van der Waals surface area contributed by atoms with Crippen molar-refractivity contribution in [2.24, 2.45) is 0 Å². The minimum Gasteiger partial charge on any atom is -0.478 e. The molecular formula is C16H13BrN2O2. The molecule has 0 aliphatic heterocycles. The predicted molar refractivity (Wildman–Crippen MR) is 84.3 cm³/mol. The first kappa shape index (κ1) is 15.1. The molecule has 0 spiro atoms. The van der Waals surface area contributed by atoms with Gasteiger partial charge in [-0.3, -0.25) is 0 Å². The summed E-state index contributed by atoms with van der Waals surface area (Å²) in [5, 5.41) is 21.3. The zero-order valence-corrected chi connectivity index (χ0v) is 12.9. The number of carboxylic acid groups (broad SMARTS) is 1. The second kappa shape index (κ2) is 6.42. The highest BCUT2D eigenvalue weighted by atomic mass is 79.9. The fourth-order valence-electron chi connectivity index (χ4n) is 1.98. The molecule has 0 unspecified atom stereocenters. The molecule has 0 saturated heterocycles.